The van der Waals surface area contributed by atoms with Crippen molar-refractivity contribution in [3.8, 4) is 5.88 Å². The molecule has 1 aromatic carbocycles. The van der Waals surface area contributed by atoms with E-state index >= 15 is 0 Å². The molecule has 1 aromatic heterocycles. The predicted octanol–water partition coefficient (Wildman–Crippen LogP) is 2.69. The van der Waals surface area contributed by atoms with E-state index in [0.717, 1.165) is 35.9 Å². The summed E-state index contributed by atoms with van der Waals surface area (Å²) in [5.74, 6) is 2.26. The first-order chi connectivity index (χ1) is 12.3. The highest BCUT2D eigenvalue weighted by Gasteiger charge is 2.21. The maximum absolute atomic E-state index is 14.5. The molecular formula is C17H18FN3O3S. The van der Waals surface area contributed by atoms with Crippen LogP contribution in [0.5, 0.6) is 5.88 Å². The number of benzene rings is 1. The molecule has 1 unspecified atom stereocenters. The normalized spacial score (nSPS) is 20.3. The third-order valence-corrected chi connectivity index (χ3v) is 5.04. The summed E-state index contributed by atoms with van der Waals surface area (Å²) in [6, 6.07) is 6.91. The number of halogens is 1. The Morgan fingerprint density at radius 1 is 1.32 bits per heavy atom. The number of aromatic nitrogens is 1. The van der Waals surface area contributed by atoms with Crippen molar-refractivity contribution in [1.82, 2.24) is 10.6 Å². The summed E-state index contributed by atoms with van der Waals surface area (Å²) in [6.45, 7) is 2.05. The standard InChI is InChI=1S/C17H18FN3O3S/c18-14-9-12(1-2-16(14)21-4-7-25-8-5-21)15-10-13(24-19-15)11-22-17-3-6-23-20-17/h1-3,6,9-10,13,19H,4-5,7-8,11H2. The zero-order chi connectivity index (χ0) is 17.1. The van der Waals surface area contributed by atoms with Gasteiger partial charge in [0.25, 0.3) is 5.88 Å². The summed E-state index contributed by atoms with van der Waals surface area (Å²) < 4.78 is 24.7. The van der Waals surface area contributed by atoms with Crippen molar-refractivity contribution < 1.29 is 18.5 Å². The highest BCUT2D eigenvalue weighted by atomic mass is 32.2. The molecule has 1 saturated heterocycles. The molecule has 132 valence electrons. The van der Waals surface area contributed by atoms with Crippen LogP contribution in [0.2, 0.25) is 0 Å². The van der Waals surface area contributed by atoms with E-state index in [4.69, 9.17) is 14.1 Å². The number of rotatable bonds is 5. The van der Waals surface area contributed by atoms with Crippen molar-refractivity contribution >= 4 is 23.1 Å². The second-order valence-electron chi connectivity index (χ2n) is 5.75. The summed E-state index contributed by atoms with van der Waals surface area (Å²) in [5.41, 5.74) is 4.97. The van der Waals surface area contributed by atoms with Gasteiger partial charge in [-0.3, -0.25) is 10.3 Å². The zero-order valence-corrected chi connectivity index (χ0v) is 14.3. The van der Waals surface area contributed by atoms with Gasteiger partial charge in [-0.15, -0.1) is 0 Å². The molecule has 4 rings (SSSR count). The molecular weight excluding hydrogens is 345 g/mol. The molecule has 25 heavy (non-hydrogen) atoms. The lowest BCUT2D eigenvalue weighted by molar-refractivity contribution is 0.0219. The molecule has 0 radical (unpaired) electrons. The minimum Gasteiger partial charge on any atom is -0.472 e. The number of hydrogen-bond donors (Lipinski definition) is 1. The first-order valence-corrected chi connectivity index (χ1v) is 9.24. The van der Waals surface area contributed by atoms with E-state index in [0.29, 0.717) is 11.6 Å². The minimum atomic E-state index is -0.284. The predicted molar refractivity (Wildman–Crippen MR) is 93.9 cm³/mol. The van der Waals surface area contributed by atoms with Crippen LogP contribution in [0.15, 0.2) is 41.1 Å². The molecule has 6 nitrogen and oxygen atoms in total. The van der Waals surface area contributed by atoms with Gasteiger partial charge in [0, 0.05) is 36.2 Å². The molecule has 8 heteroatoms. The van der Waals surface area contributed by atoms with E-state index < -0.39 is 0 Å². The Hall–Kier alpha value is -2.19. The van der Waals surface area contributed by atoms with Crippen LogP contribution in [-0.4, -0.2) is 42.5 Å². The third kappa shape index (κ3) is 3.74. The maximum atomic E-state index is 14.5. The second-order valence-corrected chi connectivity index (χ2v) is 6.98. The lowest BCUT2D eigenvalue weighted by atomic mass is 10.1. The molecule has 1 N–H and O–H groups in total. The fourth-order valence-electron chi connectivity index (χ4n) is 2.81. The average Bonchev–Trinajstić information content (AvgIpc) is 3.32. The molecule has 1 fully saturated rings. The van der Waals surface area contributed by atoms with E-state index in [1.807, 2.05) is 30.0 Å². The van der Waals surface area contributed by atoms with E-state index in [1.165, 1.54) is 6.26 Å². The van der Waals surface area contributed by atoms with Gasteiger partial charge in [0.05, 0.1) is 11.4 Å². The van der Waals surface area contributed by atoms with Gasteiger partial charge in [-0.2, -0.15) is 11.8 Å². The maximum Gasteiger partial charge on any atom is 0.254 e. The Bertz CT molecular complexity index is 748. The molecule has 1 atom stereocenters. The van der Waals surface area contributed by atoms with Crippen molar-refractivity contribution in [3.05, 3.63) is 48.0 Å². The fraction of sp³-hybridized carbons (Fsp3) is 0.353. The average molecular weight is 363 g/mol. The molecule has 0 bridgehead atoms. The van der Waals surface area contributed by atoms with E-state index in [1.54, 1.807) is 12.1 Å². The largest absolute Gasteiger partial charge is 0.472 e. The topological polar surface area (TPSA) is 59.8 Å². The van der Waals surface area contributed by atoms with Crippen molar-refractivity contribution in [1.29, 1.82) is 0 Å². The van der Waals surface area contributed by atoms with Gasteiger partial charge in [-0.1, -0.05) is 6.07 Å². The quantitative estimate of drug-likeness (QED) is 0.876. The van der Waals surface area contributed by atoms with Crippen molar-refractivity contribution in [3.63, 3.8) is 0 Å². The number of thioether (sulfide) groups is 1. The number of hydrogen-bond acceptors (Lipinski definition) is 7. The molecule has 3 heterocycles. The number of ether oxygens (including phenoxy) is 1. The smallest absolute Gasteiger partial charge is 0.254 e. The third-order valence-electron chi connectivity index (χ3n) is 4.09. The van der Waals surface area contributed by atoms with E-state index in [2.05, 4.69) is 15.5 Å². The molecule has 0 aliphatic carbocycles. The molecule has 0 spiro atoms. The summed E-state index contributed by atoms with van der Waals surface area (Å²) in [7, 11) is 0. The van der Waals surface area contributed by atoms with Gasteiger partial charge in [0.2, 0.25) is 0 Å². The van der Waals surface area contributed by atoms with Crippen LogP contribution in [0, 0.1) is 5.82 Å². The Labute approximate surface area is 148 Å². The lowest BCUT2D eigenvalue weighted by Gasteiger charge is -2.29. The van der Waals surface area contributed by atoms with Gasteiger partial charge in [-0.25, -0.2) is 4.39 Å². The van der Waals surface area contributed by atoms with Crippen LogP contribution in [0.25, 0.3) is 5.70 Å². The van der Waals surface area contributed by atoms with Crippen LogP contribution >= 0.6 is 11.8 Å². The van der Waals surface area contributed by atoms with Gasteiger partial charge < -0.3 is 14.2 Å². The summed E-state index contributed by atoms with van der Waals surface area (Å²) in [4.78, 5) is 7.54. The monoisotopic (exact) mass is 363 g/mol. The van der Waals surface area contributed by atoms with Crippen LogP contribution in [0.3, 0.4) is 0 Å². The summed E-state index contributed by atoms with van der Waals surface area (Å²) >= 11 is 1.90. The lowest BCUT2D eigenvalue weighted by Crippen LogP contribution is -2.33. The van der Waals surface area contributed by atoms with Gasteiger partial charge >= 0.3 is 0 Å². The highest BCUT2D eigenvalue weighted by Crippen LogP contribution is 2.27. The van der Waals surface area contributed by atoms with Crippen LogP contribution in [0.4, 0.5) is 10.1 Å². The van der Waals surface area contributed by atoms with Crippen molar-refractivity contribution in [2.75, 3.05) is 36.1 Å². The van der Waals surface area contributed by atoms with Crippen LogP contribution in [0.1, 0.15) is 5.56 Å². The van der Waals surface area contributed by atoms with Crippen LogP contribution < -0.4 is 15.1 Å². The summed E-state index contributed by atoms with van der Waals surface area (Å²) in [6.07, 6.45) is 3.02. The first kappa shape index (κ1) is 16.3. The van der Waals surface area contributed by atoms with Gasteiger partial charge in [0.15, 0.2) is 0 Å². The molecule has 0 amide bonds. The van der Waals surface area contributed by atoms with E-state index in [-0.39, 0.29) is 18.5 Å². The molecule has 2 aromatic rings. The zero-order valence-electron chi connectivity index (χ0n) is 13.5. The van der Waals surface area contributed by atoms with Gasteiger partial charge in [-0.05, 0) is 23.4 Å². The fourth-order valence-corrected chi connectivity index (χ4v) is 3.71. The second kappa shape index (κ2) is 7.37. The van der Waals surface area contributed by atoms with Crippen LogP contribution in [-0.2, 0) is 4.84 Å². The number of nitrogens with one attached hydrogen (secondary N) is 1. The Kier molecular flexibility index (Phi) is 4.80. The number of nitrogens with zero attached hydrogens (tertiary/aromatic N) is 2. The number of hydroxylamine groups is 1. The van der Waals surface area contributed by atoms with Gasteiger partial charge in [0.1, 0.15) is 24.8 Å². The Morgan fingerprint density at radius 2 is 2.20 bits per heavy atom. The molecule has 2 aliphatic heterocycles. The minimum absolute atomic E-state index is 0.214. The first-order valence-electron chi connectivity index (χ1n) is 8.09. The molecule has 2 aliphatic rings. The highest BCUT2D eigenvalue weighted by molar-refractivity contribution is 7.99. The summed E-state index contributed by atoms with van der Waals surface area (Å²) in [5, 5.41) is 3.67. The van der Waals surface area contributed by atoms with Crippen molar-refractivity contribution in [2.24, 2.45) is 0 Å². The van der Waals surface area contributed by atoms with Crippen molar-refractivity contribution in [2.45, 2.75) is 6.10 Å². The Balaban J connectivity index is 1.42. The Morgan fingerprint density at radius 3 is 2.96 bits per heavy atom. The molecule has 0 saturated carbocycles. The number of anilines is 1. The van der Waals surface area contributed by atoms with E-state index in [9.17, 15) is 4.39 Å². The SMILES string of the molecule is Fc1cc(C2=CC(COc3ccon3)ON2)ccc1N1CCSCC1.